The maximum Gasteiger partial charge on any atom is 0.253 e. The highest BCUT2D eigenvalue weighted by atomic mass is 16.5. The molecule has 4 nitrogen and oxygen atoms in total. The van der Waals surface area contributed by atoms with Gasteiger partial charge in [0.1, 0.15) is 0 Å². The minimum atomic E-state index is -0.459. The molecule has 0 saturated carbocycles. The number of carbonyl (C=O) groups is 1. The van der Waals surface area contributed by atoms with Gasteiger partial charge in [-0.1, -0.05) is 31.2 Å². The Labute approximate surface area is 114 Å². The minimum absolute atomic E-state index is 0.0445. The van der Waals surface area contributed by atoms with Crippen LogP contribution in [0, 0.1) is 0 Å². The highest BCUT2D eigenvalue weighted by Crippen LogP contribution is 2.26. The Balaban J connectivity index is 1.97. The second kappa shape index (κ2) is 6.68. The van der Waals surface area contributed by atoms with Gasteiger partial charge in [0.25, 0.3) is 5.91 Å². The lowest BCUT2D eigenvalue weighted by Crippen LogP contribution is -2.41. The lowest BCUT2D eigenvalue weighted by molar-refractivity contribution is -0.134. The van der Waals surface area contributed by atoms with Crippen LogP contribution in [0.25, 0.3) is 0 Å². The Kier molecular flexibility index (Phi) is 4.93. The summed E-state index contributed by atoms with van der Waals surface area (Å²) in [5.41, 5.74) is 2.22. The van der Waals surface area contributed by atoms with Crippen LogP contribution in [0.1, 0.15) is 31.1 Å². The third kappa shape index (κ3) is 3.55. The van der Waals surface area contributed by atoms with Crippen molar-refractivity contribution in [2.45, 2.75) is 32.4 Å². The minimum Gasteiger partial charge on any atom is -0.363 e. The zero-order valence-electron chi connectivity index (χ0n) is 11.6. The van der Waals surface area contributed by atoms with Crippen LogP contribution in [0.5, 0.6) is 0 Å². The van der Waals surface area contributed by atoms with Crippen molar-refractivity contribution >= 4 is 5.91 Å². The van der Waals surface area contributed by atoms with Crippen LogP contribution in [0.3, 0.4) is 0 Å². The Morgan fingerprint density at radius 2 is 2.26 bits per heavy atom. The zero-order chi connectivity index (χ0) is 13.7. The molecule has 0 saturated heterocycles. The Hall–Kier alpha value is -1.39. The molecular weight excluding hydrogens is 240 g/mol. The van der Waals surface area contributed by atoms with Gasteiger partial charge in [-0.3, -0.25) is 4.79 Å². The molecule has 1 aromatic carbocycles. The zero-order valence-corrected chi connectivity index (χ0v) is 11.6. The number of carbonyl (C=O) groups excluding carboxylic acids is 1. The van der Waals surface area contributed by atoms with Crippen molar-refractivity contribution in [3.8, 4) is 0 Å². The summed E-state index contributed by atoms with van der Waals surface area (Å²) in [5.74, 6) is -0.0445. The van der Waals surface area contributed by atoms with Gasteiger partial charge in [-0.25, -0.2) is 0 Å². The molecule has 4 heteroatoms. The SMILES string of the molecule is CCN[C@H](C)CNC(=O)C1OCCc2ccccc21. The lowest BCUT2D eigenvalue weighted by atomic mass is 9.97. The van der Waals surface area contributed by atoms with E-state index in [0.717, 1.165) is 18.5 Å². The average Bonchev–Trinajstić information content (AvgIpc) is 2.44. The molecule has 1 aliphatic heterocycles. The molecule has 1 aromatic rings. The molecule has 2 rings (SSSR count). The molecule has 1 amide bonds. The Morgan fingerprint density at radius 1 is 1.47 bits per heavy atom. The largest absolute Gasteiger partial charge is 0.363 e. The number of ether oxygens (including phenoxy) is 1. The topological polar surface area (TPSA) is 50.4 Å². The highest BCUT2D eigenvalue weighted by molar-refractivity contribution is 5.82. The van der Waals surface area contributed by atoms with Crippen molar-refractivity contribution in [1.82, 2.24) is 10.6 Å². The smallest absolute Gasteiger partial charge is 0.253 e. The standard InChI is InChI=1S/C15H22N2O2/c1-3-16-11(2)10-17-15(18)14-13-7-5-4-6-12(13)8-9-19-14/h4-7,11,14,16H,3,8-10H2,1-2H3,(H,17,18)/t11-,14?/m1/s1. The summed E-state index contributed by atoms with van der Waals surface area (Å²) in [5, 5.41) is 6.22. The molecule has 1 unspecified atom stereocenters. The van der Waals surface area contributed by atoms with Gasteiger partial charge in [-0.15, -0.1) is 0 Å². The molecule has 19 heavy (non-hydrogen) atoms. The van der Waals surface area contributed by atoms with E-state index in [9.17, 15) is 4.79 Å². The summed E-state index contributed by atoms with van der Waals surface area (Å²) in [6, 6.07) is 8.28. The van der Waals surface area contributed by atoms with Crippen LogP contribution in [-0.2, 0) is 16.0 Å². The second-order valence-corrected chi connectivity index (χ2v) is 4.90. The van der Waals surface area contributed by atoms with E-state index in [1.807, 2.05) is 18.2 Å². The molecule has 0 aromatic heterocycles. The first-order valence-electron chi connectivity index (χ1n) is 6.93. The molecule has 104 valence electrons. The molecule has 2 N–H and O–H groups in total. The van der Waals surface area contributed by atoms with Crippen LogP contribution in [0.4, 0.5) is 0 Å². The maximum absolute atomic E-state index is 12.2. The number of amides is 1. The predicted molar refractivity (Wildman–Crippen MR) is 75.0 cm³/mol. The number of benzene rings is 1. The van der Waals surface area contributed by atoms with Crippen LogP contribution in [-0.4, -0.2) is 31.6 Å². The molecule has 2 atom stereocenters. The van der Waals surface area contributed by atoms with Crippen molar-refractivity contribution < 1.29 is 9.53 Å². The number of nitrogens with one attached hydrogen (secondary N) is 2. The van der Waals surface area contributed by atoms with E-state index in [2.05, 4.69) is 30.5 Å². The van der Waals surface area contributed by atoms with E-state index in [0.29, 0.717) is 13.2 Å². The molecule has 0 bridgehead atoms. The van der Waals surface area contributed by atoms with Crippen LogP contribution >= 0.6 is 0 Å². The predicted octanol–water partition coefficient (Wildman–Crippen LogP) is 1.41. The number of fused-ring (bicyclic) bond motifs is 1. The fraction of sp³-hybridized carbons (Fsp3) is 0.533. The van der Waals surface area contributed by atoms with E-state index >= 15 is 0 Å². The number of hydrogen-bond donors (Lipinski definition) is 2. The van der Waals surface area contributed by atoms with Crippen molar-refractivity contribution in [1.29, 1.82) is 0 Å². The molecule has 1 heterocycles. The number of hydrogen-bond acceptors (Lipinski definition) is 3. The van der Waals surface area contributed by atoms with E-state index in [1.165, 1.54) is 5.56 Å². The van der Waals surface area contributed by atoms with Gasteiger partial charge in [0.15, 0.2) is 6.10 Å². The third-order valence-corrected chi connectivity index (χ3v) is 3.37. The van der Waals surface area contributed by atoms with Gasteiger partial charge >= 0.3 is 0 Å². The molecular formula is C15H22N2O2. The second-order valence-electron chi connectivity index (χ2n) is 4.90. The molecule has 0 radical (unpaired) electrons. The quantitative estimate of drug-likeness (QED) is 0.843. The van der Waals surface area contributed by atoms with Gasteiger partial charge in [-0.05, 0) is 31.0 Å². The van der Waals surface area contributed by atoms with Gasteiger partial charge in [-0.2, -0.15) is 0 Å². The molecule has 0 fully saturated rings. The number of rotatable bonds is 5. The van der Waals surface area contributed by atoms with Crippen molar-refractivity contribution in [2.24, 2.45) is 0 Å². The number of likely N-dealkylation sites (N-methyl/N-ethyl adjacent to an activating group) is 1. The average molecular weight is 262 g/mol. The molecule has 0 spiro atoms. The lowest BCUT2D eigenvalue weighted by Gasteiger charge is -2.25. The van der Waals surface area contributed by atoms with Gasteiger partial charge in [0.2, 0.25) is 0 Å². The van der Waals surface area contributed by atoms with E-state index in [4.69, 9.17) is 4.74 Å². The summed E-state index contributed by atoms with van der Waals surface area (Å²) >= 11 is 0. The van der Waals surface area contributed by atoms with Gasteiger partial charge < -0.3 is 15.4 Å². The first kappa shape index (κ1) is 14.0. The summed E-state index contributed by atoms with van der Waals surface area (Å²) in [4.78, 5) is 12.2. The van der Waals surface area contributed by atoms with E-state index < -0.39 is 6.10 Å². The van der Waals surface area contributed by atoms with Crippen molar-refractivity contribution in [3.63, 3.8) is 0 Å². The fourth-order valence-corrected chi connectivity index (χ4v) is 2.38. The summed E-state index contributed by atoms with van der Waals surface area (Å²) in [7, 11) is 0. The monoisotopic (exact) mass is 262 g/mol. The van der Waals surface area contributed by atoms with Crippen molar-refractivity contribution in [2.75, 3.05) is 19.7 Å². The molecule has 1 aliphatic rings. The van der Waals surface area contributed by atoms with Gasteiger partial charge in [0, 0.05) is 12.6 Å². The van der Waals surface area contributed by atoms with Gasteiger partial charge in [0.05, 0.1) is 6.61 Å². The van der Waals surface area contributed by atoms with E-state index in [-0.39, 0.29) is 11.9 Å². The van der Waals surface area contributed by atoms with Crippen LogP contribution < -0.4 is 10.6 Å². The summed E-state index contributed by atoms with van der Waals surface area (Å²) in [6.45, 7) is 6.24. The normalized spacial score (nSPS) is 19.6. The van der Waals surface area contributed by atoms with Crippen molar-refractivity contribution in [3.05, 3.63) is 35.4 Å². The van der Waals surface area contributed by atoms with E-state index in [1.54, 1.807) is 0 Å². The maximum atomic E-state index is 12.2. The first-order valence-corrected chi connectivity index (χ1v) is 6.93. The summed E-state index contributed by atoms with van der Waals surface area (Å²) in [6.07, 6.45) is 0.423. The Bertz CT molecular complexity index is 434. The highest BCUT2D eigenvalue weighted by Gasteiger charge is 2.26. The van der Waals surface area contributed by atoms with Crippen LogP contribution in [0.15, 0.2) is 24.3 Å². The van der Waals surface area contributed by atoms with Crippen LogP contribution in [0.2, 0.25) is 0 Å². The fourth-order valence-electron chi connectivity index (χ4n) is 2.38. The molecule has 0 aliphatic carbocycles. The summed E-state index contributed by atoms with van der Waals surface area (Å²) < 4.78 is 5.63. The third-order valence-electron chi connectivity index (χ3n) is 3.37. The first-order chi connectivity index (χ1) is 9.22. The Morgan fingerprint density at radius 3 is 3.05 bits per heavy atom.